The van der Waals surface area contributed by atoms with Crippen molar-refractivity contribution in [3.63, 3.8) is 0 Å². The zero-order valence-electron chi connectivity index (χ0n) is 13.2. The van der Waals surface area contributed by atoms with Crippen molar-refractivity contribution >= 4 is 29.9 Å². The summed E-state index contributed by atoms with van der Waals surface area (Å²) in [6.45, 7) is 4.74. The average molecular weight is 365 g/mol. The first-order valence-corrected chi connectivity index (χ1v) is 8.01. The van der Waals surface area contributed by atoms with E-state index in [1.165, 1.54) is 6.07 Å². The lowest BCUT2D eigenvalue weighted by atomic mass is 10.1. The second-order valence-electron chi connectivity index (χ2n) is 5.45. The molecule has 1 saturated heterocycles. The van der Waals surface area contributed by atoms with Crippen LogP contribution in [-0.2, 0) is 16.1 Å². The van der Waals surface area contributed by atoms with Crippen LogP contribution in [0.25, 0.3) is 0 Å². The maximum atomic E-state index is 13.9. The molecule has 1 unspecified atom stereocenters. The number of hydrogen-bond acceptors (Lipinski definition) is 3. The number of rotatable bonds is 6. The minimum atomic E-state index is -0.375. The Morgan fingerprint density at radius 3 is 2.91 bits per heavy atom. The van der Waals surface area contributed by atoms with Crippen molar-refractivity contribution in [3.05, 3.63) is 34.6 Å². The maximum Gasteiger partial charge on any atom is 0.224 e. The SMILES string of the molecule is CCCN(Cc1c(F)cccc1Cl)C(=O)CC1COCCN1.Cl. The summed E-state index contributed by atoms with van der Waals surface area (Å²) in [7, 11) is 0. The summed E-state index contributed by atoms with van der Waals surface area (Å²) >= 11 is 6.06. The Morgan fingerprint density at radius 2 is 2.30 bits per heavy atom. The van der Waals surface area contributed by atoms with E-state index in [-0.39, 0.29) is 36.7 Å². The fourth-order valence-corrected chi connectivity index (χ4v) is 2.75. The zero-order valence-corrected chi connectivity index (χ0v) is 14.8. The van der Waals surface area contributed by atoms with E-state index in [0.717, 1.165) is 13.0 Å². The normalized spacial score (nSPS) is 17.4. The van der Waals surface area contributed by atoms with Gasteiger partial charge in [-0.3, -0.25) is 4.79 Å². The van der Waals surface area contributed by atoms with Gasteiger partial charge in [0.2, 0.25) is 5.91 Å². The number of benzene rings is 1. The van der Waals surface area contributed by atoms with Gasteiger partial charge < -0.3 is 15.0 Å². The van der Waals surface area contributed by atoms with Crippen LogP contribution in [0, 0.1) is 5.82 Å². The standard InChI is InChI=1S/C16H22ClFN2O2.ClH/c1-2-7-20(10-13-14(17)4-3-5-15(13)18)16(21)9-12-11-22-8-6-19-12;/h3-5,12,19H,2,6-11H2,1H3;1H. The Hall–Kier alpha value is -0.880. The van der Waals surface area contributed by atoms with Crippen molar-refractivity contribution in [2.75, 3.05) is 26.3 Å². The molecule has 0 radical (unpaired) electrons. The Morgan fingerprint density at radius 1 is 1.52 bits per heavy atom. The summed E-state index contributed by atoms with van der Waals surface area (Å²) < 4.78 is 19.3. The second-order valence-corrected chi connectivity index (χ2v) is 5.85. The highest BCUT2D eigenvalue weighted by atomic mass is 35.5. The van der Waals surface area contributed by atoms with Gasteiger partial charge in [-0.2, -0.15) is 0 Å². The first kappa shape index (κ1) is 20.2. The van der Waals surface area contributed by atoms with Gasteiger partial charge in [-0.25, -0.2) is 4.39 Å². The molecule has 1 amide bonds. The molecule has 0 saturated carbocycles. The van der Waals surface area contributed by atoms with Crippen LogP contribution >= 0.6 is 24.0 Å². The monoisotopic (exact) mass is 364 g/mol. The van der Waals surface area contributed by atoms with E-state index in [1.54, 1.807) is 17.0 Å². The summed E-state index contributed by atoms with van der Waals surface area (Å²) in [6.07, 6.45) is 1.17. The molecule has 0 aromatic heterocycles. The molecule has 7 heteroatoms. The van der Waals surface area contributed by atoms with Crippen LogP contribution in [-0.4, -0.2) is 43.2 Å². The summed E-state index contributed by atoms with van der Waals surface area (Å²) in [4.78, 5) is 14.2. The number of carbonyl (C=O) groups excluding carboxylic acids is 1. The summed E-state index contributed by atoms with van der Waals surface area (Å²) in [6, 6.07) is 4.60. The van der Waals surface area contributed by atoms with Gasteiger partial charge >= 0.3 is 0 Å². The highest BCUT2D eigenvalue weighted by Crippen LogP contribution is 2.21. The van der Waals surface area contributed by atoms with E-state index in [0.29, 0.717) is 36.8 Å². The molecule has 1 fully saturated rings. The third-order valence-corrected chi connectivity index (χ3v) is 4.03. The molecule has 1 aliphatic heterocycles. The third kappa shape index (κ3) is 5.92. The Balaban J connectivity index is 0.00000264. The highest BCUT2D eigenvalue weighted by Gasteiger charge is 2.22. The van der Waals surface area contributed by atoms with Crippen molar-refractivity contribution in [1.82, 2.24) is 10.2 Å². The molecule has 0 spiro atoms. The largest absolute Gasteiger partial charge is 0.378 e. The van der Waals surface area contributed by atoms with E-state index in [1.807, 2.05) is 6.92 Å². The molecular weight excluding hydrogens is 342 g/mol. The van der Waals surface area contributed by atoms with Crippen LogP contribution in [0.1, 0.15) is 25.3 Å². The van der Waals surface area contributed by atoms with E-state index < -0.39 is 0 Å². The van der Waals surface area contributed by atoms with Gasteiger partial charge in [0.1, 0.15) is 5.82 Å². The number of halogens is 3. The molecule has 1 aliphatic rings. The number of hydrogen-bond donors (Lipinski definition) is 1. The molecule has 2 rings (SSSR count). The number of nitrogens with one attached hydrogen (secondary N) is 1. The summed E-state index contributed by atoms with van der Waals surface area (Å²) in [5.41, 5.74) is 0.374. The zero-order chi connectivity index (χ0) is 15.9. The first-order chi connectivity index (χ1) is 10.6. The summed E-state index contributed by atoms with van der Waals surface area (Å²) in [5, 5.41) is 3.62. The molecule has 1 aromatic carbocycles. The number of carbonyl (C=O) groups is 1. The van der Waals surface area contributed by atoms with Gasteiger partial charge in [0.25, 0.3) is 0 Å². The van der Waals surface area contributed by atoms with Crippen LogP contribution < -0.4 is 5.32 Å². The van der Waals surface area contributed by atoms with Gasteiger partial charge in [-0.05, 0) is 18.6 Å². The molecule has 0 aliphatic carbocycles. The summed E-state index contributed by atoms with van der Waals surface area (Å²) in [5.74, 6) is -0.385. The van der Waals surface area contributed by atoms with E-state index in [2.05, 4.69) is 5.32 Å². The Bertz CT molecular complexity index is 491. The quantitative estimate of drug-likeness (QED) is 0.843. The Labute approximate surface area is 147 Å². The fourth-order valence-electron chi connectivity index (χ4n) is 2.53. The van der Waals surface area contributed by atoms with Crippen LogP contribution in [0.3, 0.4) is 0 Å². The average Bonchev–Trinajstić information content (AvgIpc) is 2.51. The number of amides is 1. The Kier molecular flexibility index (Phi) is 8.84. The van der Waals surface area contributed by atoms with Crippen LogP contribution in [0.2, 0.25) is 5.02 Å². The predicted molar refractivity (Wildman–Crippen MR) is 91.6 cm³/mol. The molecule has 1 N–H and O–H groups in total. The van der Waals surface area contributed by atoms with Gasteiger partial charge in [0.05, 0.1) is 13.2 Å². The molecule has 1 heterocycles. The maximum absolute atomic E-state index is 13.9. The number of nitrogens with zero attached hydrogens (tertiary/aromatic N) is 1. The van der Waals surface area contributed by atoms with Crippen LogP contribution in [0.5, 0.6) is 0 Å². The molecule has 130 valence electrons. The second kappa shape index (κ2) is 10.1. The lowest BCUT2D eigenvalue weighted by Crippen LogP contribution is -2.45. The first-order valence-electron chi connectivity index (χ1n) is 7.63. The van der Waals surface area contributed by atoms with Crippen LogP contribution in [0.15, 0.2) is 18.2 Å². The molecule has 0 bridgehead atoms. The van der Waals surface area contributed by atoms with Crippen LogP contribution in [0.4, 0.5) is 4.39 Å². The molecular formula is C16H23Cl2FN2O2. The van der Waals surface area contributed by atoms with E-state index in [4.69, 9.17) is 16.3 Å². The van der Waals surface area contributed by atoms with Crippen molar-refractivity contribution in [2.24, 2.45) is 0 Å². The predicted octanol–water partition coefficient (Wildman–Crippen LogP) is 3.02. The van der Waals surface area contributed by atoms with Crippen molar-refractivity contribution in [2.45, 2.75) is 32.4 Å². The smallest absolute Gasteiger partial charge is 0.224 e. The molecule has 1 atom stereocenters. The van der Waals surface area contributed by atoms with Gasteiger partial charge in [-0.15, -0.1) is 12.4 Å². The minimum absolute atomic E-state index is 0. The van der Waals surface area contributed by atoms with Crippen molar-refractivity contribution in [1.29, 1.82) is 0 Å². The minimum Gasteiger partial charge on any atom is -0.378 e. The van der Waals surface area contributed by atoms with E-state index >= 15 is 0 Å². The third-order valence-electron chi connectivity index (χ3n) is 3.68. The topological polar surface area (TPSA) is 41.6 Å². The van der Waals surface area contributed by atoms with E-state index in [9.17, 15) is 9.18 Å². The number of ether oxygens (including phenoxy) is 1. The molecule has 4 nitrogen and oxygen atoms in total. The molecule has 1 aromatic rings. The van der Waals surface area contributed by atoms with Crippen molar-refractivity contribution in [3.8, 4) is 0 Å². The van der Waals surface area contributed by atoms with Gasteiger partial charge in [0, 0.05) is 42.7 Å². The fraction of sp³-hybridized carbons (Fsp3) is 0.562. The van der Waals surface area contributed by atoms with Gasteiger partial charge in [0.15, 0.2) is 0 Å². The lowest BCUT2D eigenvalue weighted by Gasteiger charge is -2.28. The van der Waals surface area contributed by atoms with Gasteiger partial charge in [-0.1, -0.05) is 24.6 Å². The lowest BCUT2D eigenvalue weighted by molar-refractivity contribution is -0.133. The molecule has 23 heavy (non-hydrogen) atoms. The number of morpholine rings is 1. The van der Waals surface area contributed by atoms with Crippen molar-refractivity contribution < 1.29 is 13.9 Å². The highest BCUT2D eigenvalue weighted by molar-refractivity contribution is 6.31.